The van der Waals surface area contributed by atoms with E-state index in [0.717, 1.165) is 8.95 Å². The molecule has 214 valence electrons. The number of hydrogen-bond acceptors (Lipinski definition) is 11. The van der Waals surface area contributed by atoms with Gasteiger partial charge in [0.25, 0.3) is 6.47 Å². The van der Waals surface area contributed by atoms with Crippen LogP contribution in [0.2, 0.25) is 5.28 Å². The van der Waals surface area contributed by atoms with Gasteiger partial charge in [-0.3, -0.25) is 4.79 Å². The van der Waals surface area contributed by atoms with Gasteiger partial charge in [0, 0.05) is 51.0 Å². The SMILES string of the molecule is C1CCNCC1.CC(C)(C)OC(=O)N1CCN(c2ncc(Br)cn2)CC1.Clc1ncc(Br)cn1.O=CO[O-].[H-].[K+].[K+]. The fourth-order valence-corrected chi connectivity index (χ4v) is 3.49. The molecule has 2 aromatic rings. The standard InChI is InChI=1S/C13H19BrN4O2.C5H11N.C4H2BrClN2.CH2O3.2K.H/c1-13(2,3)20-12(19)18-6-4-17(5-7-18)11-15-8-10(14)9-16-11;1-2-4-6-5-3-1;5-3-1-7-4(6)8-2-3;2-1-4-3;;;/h8-9H,4-7H2,1-3H3;6H,1-5H2;1-2H;1,3H;;;/q;;;;2*+1;-1/p-1. The summed E-state index contributed by atoms with van der Waals surface area (Å²) in [6.07, 6.45) is 10.6. The summed E-state index contributed by atoms with van der Waals surface area (Å²) < 4.78 is 7.06. The average molecular weight is 762 g/mol. The molecule has 17 heteroatoms. The maximum Gasteiger partial charge on any atom is 1.00 e. The fourth-order valence-electron chi connectivity index (χ4n) is 2.98. The van der Waals surface area contributed by atoms with Crippen molar-refractivity contribution >= 4 is 62.0 Å². The molecule has 2 aromatic heterocycles. The van der Waals surface area contributed by atoms with Gasteiger partial charge in [0.1, 0.15) is 5.60 Å². The van der Waals surface area contributed by atoms with Crippen molar-refractivity contribution in [1.82, 2.24) is 30.2 Å². The van der Waals surface area contributed by atoms with Crippen LogP contribution in [0.5, 0.6) is 0 Å². The van der Waals surface area contributed by atoms with Crippen molar-refractivity contribution in [2.45, 2.75) is 45.6 Å². The third-order valence-electron chi connectivity index (χ3n) is 4.66. The van der Waals surface area contributed by atoms with Crippen molar-refractivity contribution in [2.24, 2.45) is 0 Å². The number of rotatable bonds is 2. The van der Waals surface area contributed by atoms with Crippen LogP contribution in [0.15, 0.2) is 33.7 Å². The summed E-state index contributed by atoms with van der Waals surface area (Å²) in [7, 11) is 0. The van der Waals surface area contributed by atoms with Gasteiger partial charge in [0.2, 0.25) is 11.2 Å². The van der Waals surface area contributed by atoms with Crippen molar-refractivity contribution in [3.8, 4) is 0 Å². The fraction of sp³-hybridized carbons (Fsp3) is 0.565. The Morgan fingerprint density at radius 1 is 0.975 bits per heavy atom. The molecule has 1 N–H and O–H groups in total. The van der Waals surface area contributed by atoms with Gasteiger partial charge in [0.15, 0.2) is 0 Å². The minimum absolute atomic E-state index is 0. The largest absolute Gasteiger partial charge is 1.00 e. The average Bonchev–Trinajstić information content (AvgIpc) is 2.92. The summed E-state index contributed by atoms with van der Waals surface area (Å²) in [5, 5.41) is 12.0. The summed E-state index contributed by atoms with van der Waals surface area (Å²) in [4.78, 5) is 42.9. The van der Waals surface area contributed by atoms with E-state index in [1.165, 1.54) is 32.4 Å². The monoisotopic (exact) mass is 759 g/mol. The van der Waals surface area contributed by atoms with Gasteiger partial charge in [-0.2, -0.15) is 0 Å². The molecule has 0 spiro atoms. The van der Waals surface area contributed by atoms with Crippen molar-refractivity contribution in [3.63, 3.8) is 0 Å². The minimum atomic E-state index is -0.455. The van der Waals surface area contributed by atoms with E-state index in [1.54, 1.807) is 29.7 Å². The van der Waals surface area contributed by atoms with Gasteiger partial charge < -0.3 is 31.4 Å². The molecule has 0 aromatic carbocycles. The number of ether oxygens (including phenoxy) is 1. The molecule has 0 aliphatic carbocycles. The van der Waals surface area contributed by atoms with Crippen LogP contribution >= 0.6 is 43.5 Å². The molecule has 2 aliphatic heterocycles. The first kappa shape index (κ1) is 43.3. The van der Waals surface area contributed by atoms with E-state index in [2.05, 4.69) is 66.9 Å². The summed E-state index contributed by atoms with van der Waals surface area (Å²) in [6.45, 7) is 10.6. The first-order valence-electron chi connectivity index (χ1n) is 11.8. The van der Waals surface area contributed by atoms with Crippen molar-refractivity contribution in [3.05, 3.63) is 39.0 Å². The van der Waals surface area contributed by atoms with Crippen LogP contribution in [-0.2, 0) is 14.4 Å². The van der Waals surface area contributed by atoms with Crippen LogP contribution in [0.1, 0.15) is 41.5 Å². The molecule has 4 heterocycles. The number of piperazine rings is 1. The van der Waals surface area contributed by atoms with E-state index in [0.29, 0.717) is 32.1 Å². The molecule has 0 saturated carbocycles. The number of aromatic nitrogens is 4. The van der Waals surface area contributed by atoms with Crippen LogP contribution in [0, 0.1) is 0 Å². The van der Waals surface area contributed by atoms with Crippen molar-refractivity contribution in [1.29, 1.82) is 0 Å². The Morgan fingerprint density at radius 2 is 1.43 bits per heavy atom. The predicted molar refractivity (Wildman–Crippen MR) is 149 cm³/mol. The van der Waals surface area contributed by atoms with E-state index in [1.807, 2.05) is 20.8 Å². The van der Waals surface area contributed by atoms with E-state index in [-0.39, 0.29) is 122 Å². The molecule has 1 amide bonds. The zero-order valence-corrected chi connectivity index (χ0v) is 33.8. The number of amides is 1. The molecule has 0 radical (unpaired) electrons. The maximum atomic E-state index is 11.9. The number of nitrogens with zero attached hydrogens (tertiary/aromatic N) is 6. The van der Waals surface area contributed by atoms with Crippen LogP contribution in [0.25, 0.3) is 0 Å². The number of hydrogen-bond donors (Lipinski definition) is 1. The quantitative estimate of drug-likeness (QED) is 0.114. The molecule has 4 rings (SSSR count). The van der Waals surface area contributed by atoms with Crippen LogP contribution in [0.3, 0.4) is 0 Å². The van der Waals surface area contributed by atoms with Gasteiger partial charge in [0.05, 0.1) is 8.95 Å². The summed E-state index contributed by atoms with van der Waals surface area (Å²) in [5.74, 6) is 0.692. The molecule has 0 atom stereocenters. The number of nitrogens with one attached hydrogen (secondary N) is 1. The molecule has 0 unspecified atom stereocenters. The Balaban J connectivity index is -0.000000568. The third-order valence-corrected chi connectivity index (χ3v) is 5.67. The Labute approximate surface area is 344 Å². The van der Waals surface area contributed by atoms with E-state index < -0.39 is 5.60 Å². The zero-order chi connectivity index (χ0) is 28.4. The van der Waals surface area contributed by atoms with Gasteiger partial charge in [-0.1, -0.05) is 6.42 Å². The molecule has 2 saturated heterocycles. The van der Waals surface area contributed by atoms with Gasteiger partial charge in [-0.15, -0.1) is 0 Å². The Bertz CT molecular complexity index is 911. The molecule has 2 fully saturated rings. The molecule has 2 aliphatic rings. The molecule has 0 bridgehead atoms. The van der Waals surface area contributed by atoms with E-state index in [9.17, 15) is 4.79 Å². The summed E-state index contributed by atoms with van der Waals surface area (Å²) in [6, 6.07) is 0. The predicted octanol–water partition coefficient (Wildman–Crippen LogP) is -2.50. The van der Waals surface area contributed by atoms with Gasteiger partial charge >= 0.3 is 109 Å². The number of piperidine rings is 1. The number of carbonyl (C=O) groups is 2. The zero-order valence-electron chi connectivity index (χ0n) is 24.6. The first-order valence-corrected chi connectivity index (χ1v) is 13.8. The smallest absolute Gasteiger partial charge is 1.00 e. The van der Waals surface area contributed by atoms with Crippen molar-refractivity contribution in [2.75, 3.05) is 44.2 Å². The maximum absolute atomic E-state index is 11.9. The van der Waals surface area contributed by atoms with Crippen molar-refractivity contribution < 1.29 is 129 Å². The number of carbonyl (C=O) groups excluding carboxylic acids is 2. The Morgan fingerprint density at radius 3 is 1.75 bits per heavy atom. The number of anilines is 1. The topological polar surface area (TPSA) is 146 Å². The molecule has 40 heavy (non-hydrogen) atoms. The summed E-state index contributed by atoms with van der Waals surface area (Å²) in [5.41, 5.74) is -0.455. The molecular formula is C23H34Br2ClK2N7O5. The number of halogens is 3. The Hall–Kier alpha value is 1.14. The molecular weight excluding hydrogens is 728 g/mol. The van der Waals surface area contributed by atoms with E-state index >= 15 is 0 Å². The van der Waals surface area contributed by atoms with Gasteiger partial charge in [-0.25, -0.2) is 24.7 Å². The second-order valence-electron chi connectivity index (χ2n) is 8.83. The summed E-state index contributed by atoms with van der Waals surface area (Å²) >= 11 is 11.8. The second kappa shape index (κ2) is 25.5. The van der Waals surface area contributed by atoms with Gasteiger partial charge in [-0.05, 0) is 90.2 Å². The minimum Gasteiger partial charge on any atom is -1.00 e. The molecule has 12 nitrogen and oxygen atoms in total. The Kier molecular flexibility index (Phi) is 27.6. The van der Waals surface area contributed by atoms with E-state index in [4.69, 9.17) is 26.4 Å². The second-order valence-corrected chi connectivity index (χ2v) is 11.0. The van der Waals surface area contributed by atoms with Crippen LogP contribution < -0.4 is 118 Å². The third kappa shape index (κ3) is 21.8. The first-order chi connectivity index (χ1) is 18.1. The van der Waals surface area contributed by atoms with Crippen LogP contribution in [0.4, 0.5) is 10.7 Å². The van der Waals surface area contributed by atoms with Crippen LogP contribution in [-0.4, -0.2) is 82.3 Å². The normalized spacial score (nSPS) is 14.1.